The molecule has 1 fully saturated rings. The van der Waals surface area contributed by atoms with E-state index in [1.54, 1.807) is 0 Å². The van der Waals surface area contributed by atoms with Gasteiger partial charge in [-0.15, -0.1) is 0 Å². The van der Waals surface area contributed by atoms with Crippen LogP contribution in [0, 0.1) is 0 Å². The van der Waals surface area contributed by atoms with Gasteiger partial charge in [-0.1, -0.05) is 41.9 Å². The topological polar surface area (TPSA) is 79.2 Å². The first kappa shape index (κ1) is 21.7. The van der Waals surface area contributed by atoms with Crippen LogP contribution in [-0.4, -0.2) is 40.8 Å². The minimum atomic E-state index is 0.160. The fraction of sp³-hybridized carbons (Fsp3) is 0.185. The number of nitrogens with zero attached hydrogens (tertiary/aromatic N) is 3. The summed E-state index contributed by atoms with van der Waals surface area (Å²) < 4.78 is 11.6. The van der Waals surface area contributed by atoms with Crippen LogP contribution in [0.5, 0.6) is 0 Å². The third kappa shape index (κ3) is 4.48. The van der Waals surface area contributed by atoms with Crippen LogP contribution in [0.1, 0.15) is 6.92 Å². The number of oxazole rings is 1. The maximum Gasteiger partial charge on any atom is 0.298 e. The summed E-state index contributed by atoms with van der Waals surface area (Å²) in [5.41, 5.74) is 6.20. The Morgan fingerprint density at radius 1 is 1.06 bits per heavy atom. The van der Waals surface area contributed by atoms with Gasteiger partial charge in [0.1, 0.15) is 11.3 Å². The van der Waals surface area contributed by atoms with E-state index in [0.29, 0.717) is 23.5 Å². The van der Waals surface area contributed by atoms with Gasteiger partial charge in [0.15, 0.2) is 5.58 Å². The summed E-state index contributed by atoms with van der Waals surface area (Å²) >= 11 is 6.53. The lowest BCUT2D eigenvalue weighted by atomic mass is 10.1. The molecule has 8 heteroatoms. The van der Waals surface area contributed by atoms with Gasteiger partial charge in [0.25, 0.3) is 6.01 Å². The lowest BCUT2D eigenvalue weighted by molar-refractivity contribution is 0.0515. The normalized spacial score (nSPS) is 16.1. The van der Waals surface area contributed by atoms with Crippen LogP contribution in [0.25, 0.3) is 33.7 Å². The Bertz CT molecular complexity index is 1480. The molecule has 1 saturated heterocycles. The van der Waals surface area contributed by atoms with Crippen molar-refractivity contribution in [1.82, 2.24) is 15.0 Å². The highest BCUT2D eigenvalue weighted by Gasteiger charge is 2.21. The maximum atomic E-state index is 6.53. The quantitative estimate of drug-likeness (QED) is 0.295. The molecule has 7 nitrogen and oxygen atoms in total. The van der Waals surface area contributed by atoms with E-state index in [1.807, 2.05) is 72.9 Å². The van der Waals surface area contributed by atoms with Crippen LogP contribution in [0.15, 0.2) is 77.3 Å². The number of morpholine rings is 1. The van der Waals surface area contributed by atoms with E-state index < -0.39 is 0 Å². The van der Waals surface area contributed by atoms with Crippen molar-refractivity contribution in [2.24, 2.45) is 0 Å². The van der Waals surface area contributed by atoms with Gasteiger partial charge >= 0.3 is 0 Å². The predicted molar refractivity (Wildman–Crippen MR) is 139 cm³/mol. The number of H-pyrrole nitrogens is 1. The summed E-state index contributed by atoms with van der Waals surface area (Å²) in [6.45, 7) is 4.27. The summed E-state index contributed by atoms with van der Waals surface area (Å²) in [7, 11) is 0. The number of hydrogen-bond acceptors (Lipinski definition) is 6. The van der Waals surface area contributed by atoms with Crippen molar-refractivity contribution in [3.05, 3.63) is 77.9 Å². The van der Waals surface area contributed by atoms with Crippen LogP contribution in [0.3, 0.4) is 0 Å². The molecular formula is C27H24ClN5O2. The van der Waals surface area contributed by atoms with Crippen molar-refractivity contribution in [2.75, 3.05) is 29.9 Å². The molecule has 1 aliphatic heterocycles. The van der Waals surface area contributed by atoms with Crippen molar-refractivity contribution in [2.45, 2.75) is 13.0 Å². The average molecular weight is 486 g/mol. The van der Waals surface area contributed by atoms with Gasteiger partial charge in [0.2, 0.25) is 0 Å². The molecule has 0 saturated carbocycles. The van der Waals surface area contributed by atoms with Crippen molar-refractivity contribution in [3.63, 3.8) is 0 Å². The molecule has 2 N–H and O–H groups in total. The van der Waals surface area contributed by atoms with E-state index in [-0.39, 0.29) is 6.10 Å². The number of fused-ring (bicyclic) bond motifs is 1. The Balaban J connectivity index is 1.25. The maximum absolute atomic E-state index is 6.53. The Morgan fingerprint density at radius 3 is 2.74 bits per heavy atom. The molecule has 35 heavy (non-hydrogen) atoms. The first-order chi connectivity index (χ1) is 17.1. The zero-order chi connectivity index (χ0) is 23.8. The number of imidazole rings is 1. The molecule has 0 unspecified atom stereocenters. The van der Waals surface area contributed by atoms with Crippen molar-refractivity contribution in [1.29, 1.82) is 0 Å². The summed E-state index contributed by atoms with van der Waals surface area (Å²) in [5.74, 6) is 0.717. The van der Waals surface area contributed by atoms with Gasteiger partial charge in [-0.3, -0.25) is 0 Å². The molecule has 0 amide bonds. The number of hydrogen-bond donors (Lipinski definition) is 2. The van der Waals surface area contributed by atoms with Crippen LogP contribution in [0.2, 0.25) is 5.02 Å². The lowest BCUT2D eigenvalue weighted by Crippen LogP contribution is -2.41. The molecule has 176 valence electrons. The van der Waals surface area contributed by atoms with Crippen LogP contribution >= 0.6 is 11.6 Å². The number of aromatic nitrogens is 3. The number of rotatable bonds is 5. The minimum Gasteiger partial charge on any atom is -0.423 e. The lowest BCUT2D eigenvalue weighted by Gasteiger charge is -2.29. The van der Waals surface area contributed by atoms with E-state index in [0.717, 1.165) is 52.4 Å². The Kier molecular flexibility index (Phi) is 5.64. The molecule has 0 bridgehead atoms. The van der Waals surface area contributed by atoms with E-state index in [1.165, 1.54) is 0 Å². The minimum absolute atomic E-state index is 0.160. The monoisotopic (exact) mass is 485 g/mol. The van der Waals surface area contributed by atoms with Crippen molar-refractivity contribution >= 4 is 40.1 Å². The van der Waals surface area contributed by atoms with Crippen molar-refractivity contribution < 1.29 is 9.15 Å². The van der Waals surface area contributed by atoms with E-state index in [9.17, 15) is 0 Å². The van der Waals surface area contributed by atoms with Crippen LogP contribution in [-0.2, 0) is 4.74 Å². The highest BCUT2D eigenvalue weighted by atomic mass is 35.5. The molecule has 3 aromatic carbocycles. The second-order valence-corrected chi connectivity index (χ2v) is 9.04. The number of ether oxygens (including phenoxy) is 1. The fourth-order valence-corrected chi connectivity index (χ4v) is 4.50. The smallest absolute Gasteiger partial charge is 0.298 e. The van der Waals surface area contributed by atoms with Gasteiger partial charge in [-0.25, -0.2) is 4.98 Å². The third-order valence-corrected chi connectivity index (χ3v) is 6.39. The molecule has 6 rings (SSSR count). The second kappa shape index (κ2) is 9.09. The zero-order valence-corrected chi connectivity index (χ0v) is 19.9. The first-order valence-electron chi connectivity index (χ1n) is 11.6. The average Bonchev–Trinajstić information content (AvgIpc) is 3.53. The molecule has 2 aromatic heterocycles. The Hall–Kier alpha value is -3.81. The SMILES string of the molecule is C[C@H]1CN(c2nc3cc(Nc4ccc(Cl)c(-c5ncc(-c6ccccc6)[nH]5)c4)ccc3o2)CCO1. The predicted octanol–water partition coefficient (Wildman–Crippen LogP) is 6.51. The molecule has 3 heterocycles. The largest absolute Gasteiger partial charge is 0.423 e. The van der Waals surface area contributed by atoms with Gasteiger partial charge in [0, 0.05) is 30.0 Å². The second-order valence-electron chi connectivity index (χ2n) is 8.64. The summed E-state index contributed by atoms with van der Waals surface area (Å²) in [6.07, 6.45) is 1.99. The molecule has 0 radical (unpaired) electrons. The molecule has 1 aliphatic rings. The number of anilines is 3. The van der Waals surface area contributed by atoms with Gasteiger partial charge in [-0.2, -0.15) is 4.98 Å². The number of benzene rings is 3. The molecule has 1 atom stereocenters. The summed E-state index contributed by atoms with van der Waals surface area (Å²) in [5, 5.41) is 4.08. The van der Waals surface area contributed by atoms with Gasteiger partial charge in [-0.05, 0) is 48.9 Å². The molecule has 5 aromatic rings. The van der Waals surface area contributed by atoms with Crippen LogP contribution < -0.4 is 10.2 Å². The van der Waals surface area contributed by atoms with Crippen LogP contribution in [0.4, 0.5) is 17.4 Å². The third-order valence-electron chi connectivity index (χ3n) is 6.06. The Morgan fingerprint density at radius 2 is 1.89 bits per heavy atom. The van der Waals surface area contributed by atoms with Gasteiger partial charge in [0.05, 0.1) is 29.6 Å². The molecule has 0 spiro atoms. The highest BCUT2D eigenvalue weighted by molar-refractivity contribution is 6.33. The van der Waals surface area contributed by atoms with Crippen molar-refractivity contribution in [3.8, 4) is 22.6 Å². The molecular weight excluding hydrogens is 462 g/mol. The molecule has 0 aliphatic carbocycles. The van der Waals surface area contributed by atoms with E-state index >= 15 is 0 Å². The zero-order valence-electron chi connectivity index (χ0n) is 19.2. The van der Waals surface area contributed by atoms with E-state index in [4.69, 9.17) is 25.7 Å². The fourth-order valence-electron chi connectivity index (χ4n) is 4.29. The number of aromatic amines is 1. The van der Waals surface area contributed by atoms with E-state index in [2.05, 4.69) is 27.1 Å². The number of halogens is 1. The summed E-state index contributed by atoms with van der Waals surface area (Å²) in [6, 6.07) is 22.4. The highest BCUT2D eigenvalue weighted by Crippen LogP contribution is 2.32. The number of nitrogens with one attached hydrogen (secondary N) is 2. The van der Waals surface area contributed by atoms with Gasteiger partial charge < -0.3 is 24.4 Å². The first-order valence-corrected chi connectivity index (χ1v) is 11.9. The Labute approximate surface area is 207 Å². The summed E-state index contributed by atoms with van der Waals surface area (Å²) in [4.78, 5) is 14.8. The standard InChI is InChI=1S/C27H24ClN5O2/c1-17-16-33(11-12-34-17)27-32-23-14-20(8-10-25(23)35-27)30-19-7-9-22(28)21(13-19)26-29-15-24(31-26)18-5-3-2-4-6-18/h2-10,13-15,17,30H,11-12,16H2,1H3,(H,29,31)/t17-/m0/s1.